The van der Waals surface area contributed by atoms with Gasteiger partial charge in [0.15, 0.2) is 0 Å². The van der Waals surface area contributed by atoms with Crippen LogP contribution in [0.25, 0.3) is 22.2 Å². The van der Waals surface area contributed by atoms with E-state index < -0.39 is 11.6 Å². The van der Waals surface area contributed by atoms with Crippen LogP contribution in [0.15, 0.2) is 42.5 Å². The van der Waals surface area contributed by atoms with E-state index in [0.717, 1.165) is 38.2 Å². The molecule has 2 aromatic carbocycles. The Morgan fingerprint density at radius 2 is 1.62 bits per heavy atom. The van der Waals surface area contributed by atoms with E-state index >= 15 is 0 Å². The van der Waals surface area contributed by atoms with Crippen LogP contribution in [0, 0.1) is 23.4 Å². The molecule has 0 radical (unpaired) electrons. The van der Waals surface area contributed by atoms with Crippen LogP contribution in [0.3, 0.4) is 0 Å². The van der Waals surface area contributed by atoms with Gasteiger partial charge in [-0.3, -0.25) is 9.59 Å². The average Bonchev–Trinajstić information content (AvgIpc) is 3.48. The van der Waals surface area contributed by atoms with E-state index in [0.29, 0.717) is 22.7 Å². The molecule has 2 amide bonds. The molecule has 1 heterocycles. The molecule has 2 saturated carbocycles. The molecule has 0 aliphatic heterocycles. The van der Waals surface area contributed by atoms with Gasteiger partial charge in [-0.25, -0.2) is 13.2 Å². The van der Waals surface area contributed by atoms with Gasteiger partial charge in [-0.15, -0.1) is 0 Å². The Morgan fingerprint density at radius 1 is 0.941 bits per heavy atom. The number of nitrogens with one attached hydrogen (secondary N) is 3. The van der Waals surface area contributed by atoms with Crippen molar-refractivity contribution in [2.24, 2.45) is 5.92 Å². The second-order valence-electron chi connectivity index (χ2n) is 8.23. The summed E-state index contributed by atoms with van der Waals surface area (Å²) in [5, 5.41) is 5.95. The van der Waals surface area contributed by atoms with Gasteiger partial charge in [-0.2, -0.15) is 0 Å². The number of hydrogen-bond donors (Lipinski definition) is 3. The summed E-state index contributed by atoms with van der Waals surface area (Å²) in [4.78, 5) is 25.4. The number of rotatable bonds is 5. The first-order valence-electron chi connectivity index (χ1n) is 11.7. The number of hydrogen-bond acceptors (Lipinski definition) is 2. The Labute approximate surface area is 197 Å². The largest absolute Gasteiger partial charge is 0.352 e. The summed E-state index contributed by atoms with van der Waals surface area (Å²) in [5.41, 5.74) is 1.58. The molecule has 0 saturated heterocycles. The van der Waals surface area contributed by atoms with Crippen LogP contribution in [0.1, 0.15) is 46.0 Å². The minimum absolute atomic E-state index is 0.0437. The molecular formula is C26H30F3N3O2. The molecule has 0 unspecified atom stereocenters. The first-order valence-corrected chi connectivity index (χ1v) is 11.7. The maximum atomic E-state index is 13.5. The lowest BCUT2D eigenvalue weighted by atomic mass is 9.85. The Hall–Kier alpha value is -3.29. The number of carbonyl (C=O) groups excluding carboxylic acids is 2. The number of aromatic nitrogens is 1. The van der Waals surface area contributed by atoms with E-state index in [2.05, 4.69) is 15.6 Å². The molecule has 3 N–H and O–H groups in total. The summed E-state index contributed by atoms with van der Waals surface area (Å²) in [5.74, 6) is -1.44. The molecule has 8 heteroatoms. The SMILES string of the molecule is CC.Fc1ccc(-c2cc3cc(F)cc(F)c3[nH]2)cc1.O=C(CNC(=O)C1CCC1)NC1CC1. The summed E-state index contributed by atoms with van der Waals surface area (Å²) in [6, 6.07) is 9.88. The van der Waals surface area contributed by atoms with E-state index in [1.807, 2.05) is 13.8 Å². The zero-order valence-electron chi connectivity index (χ0n) is 19.4. The smallest absolute Gasteiger partial charge is 0.239 e. The van der Waals surface area contributed by atoms with E-state index in [4.69, 9.17) is 0 Å². The van der Waals surface area contributed by atoms with Gasteiger partial charge in [-0.1, -0.05) is 20.3 Å². The third-order valence-corrected chi connectivity index (χ3v) is 5.64. The molecule has 2 aliphatic rings. The predicted molar refractivity (Wildman–Crippen MR) is 126 cm³/mol. The molecule has 2 aliphatic carbocycles. The maximum absolute atomic E-state index is 13.5. The Morgan fingerprint density at radius 3 is 2.21 bits per heavy atom. The van der Waals surface area contributed by atoms with Gasteiger partial charge in [0, 0.05) is 29.1 Å². The number of fused-ring (bicyclic) bond motifs is 1. The third-order valence-electron chi connectivity index (χ3n) is 5.64. The molecule has 34 heavy (non-hydrogen) atoms. The van der Waals surface area contributed by atoms with Crippen molar-refractivity contribution < 1.29 is 22.8 Å². The summed E-state index contributed by atoms with van der Waals surface area (Å²) in [7, 11) is 0. The fourth-order valence-corrected chi connectivity index (χ4v) is 3.44. The second-order valence-corrected chi connectivity index (χ2v) is 8.23. The van der Waals surface area contributed by atoms with Crippen molar-refractivity contribution in [1.82, 2.24) is 15.6 Å². The first kappa shape index (κ1) is 25.3. The molecule has 0 spiro atoms. The zero-order valence-corrected chi connectivity index (χ0v) is 19.4. The molecule has 5 rings (SSSR count). The maximum Gasteiger partial charge on any atom is 0.239 e. The highest BCUT2D eigenvalue weighted by atomic mass is 19.1. The summed E-state index contributed by atoms with van der Waals surface area (Å²) >= 11 is 0. The minimum Gasteiger partial charge on any atom is -0.352 e. The van der Waals surface area contributed by atoms with E-state index in [1.54, 1.807) is 18.2 Å². The van der Waals surface area contributed by atoms with Crippen molar-refractivity contribution >= 4 is 22.7 Å². The van der Waals surface area contributed by atoms with Crippen LogP contribution < -0.4 is 10.6 Å². The third kappa shape index (κ3) is 6.85. The van der Waals surface area contributed by atoms with Gasteiger partial charge in [-0.05, 0) is 67.6 Å². The second kappa shape index (κ2) is 11.7. The normalized spacial score (nSPS) is 14.7. The highest BCUT2D eigenvalue weighted by molar-refractivity contribution is 5.87. The number of aromatic amines is 1. The molecule has 2 fully saturated rings. The standard InChI is InChI=1S/C14H8F3N.C10H16N2O2.C2H6/c15-10-3-1-8(2-4-10)13-6-9-5-11(16)7-12(17)14(9)18-13;13-9(12-8-4-5-8)6-11-10(14)7-2-1-3-7;1-2/h1-7,18H;7-8H,1-6H2,(H,11,14)(H,12,13);1-2H3. The van der Waals surface area contributed by atoms with Gasteiger partial charge in [0.25, 0.3) is 0 Å². The lowest BCUT2D eigenvalue weighted by Crippen LogP contribution is -2.41. The van der Waals surface area contributed by atoms with Crippen molar-refractivity contribution in [3.05, 3.63) is 59.9 Å². The number of halogens is 3. The van der Waals surface area contributed by atoms with Crippen LogP contribution in [0.2, 0.25) is 0 Å². The number of H-pyrrole nitrogens is 1. The Balaban J connectivity index is 0.000000183. The van der Waals surface area contributed by atoms with Gasteiger partial charge in [0.05, 0.1) is 12.1 Å². The van der Waals surface area contributed by atoms with Gasteiger partial charge in [0.1, 0.15) is 17.5 Å². The highest BCUT2D eigenvalue weighted by Crippen LogP contribution is 2.27. The Bertz CT molecular complexity index is 1120. The predicted octanol–water partition coefficient (Wildman–Crippen LogP) is 5.46. The molecule has 1 aromatic heterocycles. The van der Waals surface area contributed by atoms with Crippen molar-refractivity contribution in [1.29, 1.82) is 0 Å². The van der Waals surface area contributed by atoms with Crippen molar-refractivity contribution in [2.75, 3.05) is 6.54 Å². The fourth-order valence-electron chi connectivity index (χ4n) is 3.44. The average molecular weight is 474 g/mol. The molecule has 182 valence electrons. The topological polar surface area (TPSA) is 74.0 Å². The van der Waals surface area contributed by atoms with Crippen molar-refractivity contribution in [2.45, 2.75) is 52.0 Å². The van der Waals surface area contributed by atoms with E-state index in [9.17, 15) is 22.8 Å². The Kier molecular flexibility index (Phi) is 8.73. The highest BCUT2D eigenvalue weighted by Gasteiger charge is 2.26. The minimum atomic E-state index is -0.640. The summed E-state index contributed by atoms with van der Waals surface area (Å²) in [6.45, 7) is 4.14. The van der Waals surface area contributed by atoms with Crippen LogP contribution in [-0.2, 0) is 9.59 Å². The molecule has 3 aromatic rings. The fraction of sp³-hybridized carbons (Fsp3) is 0.385. The summed E-state index contributed by atoms with van der Waals surface area (Å²) in [6.07, 6.45) is 5.28. The van der Waals surface area contributed by atoms with Crippen LogP contribution in [-0.4, -0.2) is 29.4 Å². The van der Waals surface area contributed by atoms with Gasteiger partial charge >= 0.3 is 0 Å². The van der Waals surface area contributed by atoms with E-state index in [-0.39, 0.29) is 35.6 Å². The molecule has 0 atom stereocenters. The quantitative estimate of drug-likeness (QED) is 0.460. The van der Waals surface area contributed by atoms with Gasteiger partial charge in [0.2, 0.25) is 11.8 Å². The number of amides is 2. The van der Waals surface area contributed by atoms with Crippen LogP contribution in [0.4, 0.5) is 13.2 Å². The lowest BCUT2D eigenvalue weighted by Gasteiger charge is -2.23. The van der Waals surface area contributed by atoms with Crippen LogP contribution >= 0.6 is 0 Å². The zero-order chi connectivity index (χ0) is 24.7. The summed E-state index contributed by atoms with van der Waals surface area (Å²) < 4.78 is 39.4. The monoisotopic (exact) mass is 473 g/mol. The van der Waals surface area contributed by atoms with Gasteiger partial charge < -0.3 is 15.6 Å². The molecular weight excluding hydrogens is 443 g/mol. The first-order chi connectivity index (χ1) is 16.4. The number of carbonyl (C=O) groups is 2. The molecule has 0 bridgehead atoms. The number of benzene rings is 2. The van der Waals surface area contributed by atoms with E-state index in [1.165, 1.54) is 18.2 Å². The van der Waals surface area contributed by atoms with Crippen molar-refractivity contribution in [3.8, 4) is 11.3 Å². The van der Waals surface area contributed by atoms with Crippen molar-refractivity contribution in [3.63, 3.8) is 0 Å². The van der Waals surface area contributed by atoms with Crippen LogP contribution in [0.5, 0.6) is 0 Å². The lowest BCUT2D eigenvalue weighted by molar-refractivity contribution is -0.130. The molecule has 5 nitrogen and oxygen atoms in total.